The van der Waals surface area contributed by atoms with Gasteiger partial charge in [-0.25, -0.2) is 0 Å². The molecule has 0 aliphatic heterocycles. The Morgan fingerprint density at radius 1 is 1.44 bits per heavy atom. The molecular formula is C12H12BrNOS. The topological polar surface area (TPSA) is 33.1 Å². The fourth-order valence-electron chi connectivity index (χ4n) is 1.61. The molecule has 0 saturated heterocycles. The van der Waals surface area contributed by atoms with Gasteiger partial charge < -0.3 is 5.11 Å². The Bertz CT molecular complexity index is 483. The van der Waals surface area contributed by atoms with Crippen molar-refractivity contribution in [3.05, 3.63) is 50.4 Å². The molecular weight excluding hydrogens is 286 g/mol. The van der Waals surface area contributed by atoms with Crippen molar-refractivity contribution in [3.8, 4) is 0 Å². The molecule has 0 aromatic carbocycles. The normalized spacial score (nSPS) is 12.7. The Labute approximate surface area is 107 Å². The summed E-state index contributed by atoms with van der Waals surface area (Å²) < 4.78 is 0.944. The molecule has 2 aromatic rings. The van der Waals surface area contributed by atoms with E-state index in [-0.39, 0.29) is 0 Å². The van der Waals surface area contributed by atoms with E-state index in [1.165, 1.54) is 0 Å². The molecule has 0 aliphatic carbocycles. The van der Waals surface area contributed by atoms with Crippen LogP contribution in [0.1, 0.15) is 22.8 Å². The van der Waals surface area contributed by atoms with Crippen LogP contribution in [0.4, 0.5) is 0 Å². The maximum Gasteiger partial charge on any atom is 0.0841 e. The van der Waals surface area contributed by atoms with Crippen molar-refractivity contribution in [2.75, 3.05) is 0 Å². The van der Waals surface area contributed by atoms with Gasteiger partial charge >= 0.3 is 0 Å². The lowest BCUT2D eigenvalue weighted by molar-refractivity contribution is 0.178. The van der Waals surface area contributed by atoms with E-state index >= 15 is 0 Å². The van der Waals surface area contributed by atoms with Crippen molar-refractivity contribution in [1.82, 2.24) is 4.98 Å². The van der Waals surface area contributed by atoms with Gasteiger partial charge in [0.25, 0.3) is 0 Å². The summed E-state index contributed by atoms with van der Waals surface area (Å²) in [6.45, 7) is 2.02. The molecule has 2 heterocycles. The number of aliphatic hydroxyl groups excluding tert-OH is 1. The molecule has 2 aromatic heterocycles. The molecule has 0 amide bonds. The lowest BCUT2D eigenvalue weighted by atomic mass is 10.0. The minimum Gasteiger partial charge on any atom is -0.388 e. The number of halogens is 1. The predicted octanol–water partition coefficient (Wildman–Crippen LogP) is 3.49. The van der Waals surface area contributed by atoms with Crippen LogP contribution in [0.25, 0.3) is 0 Å². The van der Waals surface area contributed by atoms with E-state index in [0.717, 1.165) is 21.2 Å². The Kier molecular flexibility index (Phi) is 3.74. The van der Waals surface area contributed by atoms with Crippen LogP contribution >= 0.6 is 27.3 Å². The van der Waals surface area contributed by atoms with Gasteiger partial charge in [0.15, 0.2) is 0 Å². The Morgan fingerprint density at radius 2 is 2.25 bits per heavy atom. The summed E-state index contributed by atoms with van der Waals surface area (Å²) in [5.74, 6) is 0. The van der Waals surface area contributed by atoms with Crippen LogP contribution in [0.5, 0.6) is 0 Å². The fourth-order valence-corrected chi connectivity index (χ4v) is 2.92. The molecule has 0 saturated carbocycles. The summed E-state index contributed by atoms with van der Waals surface area (Å²) >= 11 is 5.00. The van der Waals surface area contributed by atoms with Gasteiger partial charge in [-0.15, -0.1) is 0 Å². The van der Waals surface area contributed by atoms with Crippen LogP contribution in [-0.2, 0) is 6.42 Å². The van der Waals surface area contributed by atoms with Crippen LogP contribution in [0.3, 0.4) is 0 Å². The lowest BCUT2D eigenvalue weighted by Gasteiger charge is -2.10. The second-order valence-corrected chi connectivity index (χ2v) is 5.40. The van der Waals surface area contributed by atoms with Gasteiger partial charge in [0.1, 0.15) is 0 Å². The van der Waals surface area contributed by atoms with Gasteiger partial charge in [-0.2, -0.15) is 11.3 Å². The first-order valence-corrected chi connectivity index (χ1v) is 6.70. The van der Waals surface area contributed by atoms with Crippen molar-refractivity contribution >= 4 is 27.3 Å². The molecule has 16 heavy (non-hydrogen) atoms. The first kappa shape index (κ1) is 11.8. The second kappa shape index (κ2) is 5.08. The average Bonchev–Trinajstić information content (AvgIpc) is 2.64. The van der Waals surface area contributed by atoms with Crippen molar-refractivity contribution in [1.29, 1.82) is 0 Å². The van der Waals surface area contributed by atoms with E-state index in [0.29, 0.717) is 6.42 Å². The predicted molar refractivity (Wildman–Crippen MR) is 69.7 cm³/mol. The summed E-state index contributed by atoms with van der Waals surface area (Å²) in [4.78, 5) is 4.09. The highest BCUT2D eigenvalue weighted by molar-refractivity contribution is 9.10. The maximum atomic E-state index is 10.1. The molecule has 1 atom stereocenters. The van der Waals surface area contributed by atoms with Crippen molar-refractivity contribution < 1.29 is 5.11 Å². The van der Waals surface area contributed by atoms with Gasteiger partial charge in [-0.05, 0) is 56.4 Å². The van der Waals surface area contributed by atoms with Gasteiger partial charge in [-0.3, -0.25) is 4.98 Å². The van der Waals surface area contributed by atoms with E-state index in [2.05, 4.69) is 26.3 Å². The van der Waals surface area contributed by atoms with Crippen LogP contribution < -0.4 is 0 Å². The SMILES string of the molecule is Cc1cscc1C(O)Cc1cncc(Br)c1. The zero-order chi connectivity index (χ0) is 11.5. The van der Waals surface area contributed by atoms with Crippen molar-refractivity contribution in [3.63, 3.8) is 0 Å². The van der Waals surface area contributed by atoms with Crippen molar-refractivity contribution in [2.45, 2.75) is 19.4 Å². The van der Waals surface area contributed by atoms with Crippen molar-refractivity contribution in [2.24, 2.45) is 0 Å². The largest absolute Gasteiger partial charge is 0.388 e. The minimum absolute atomic E-state index is 0.442. The number of pyridine rings is 1. The zero-order valence-corrected chi connectivity index (χ0v) is 11.3. The van der Waals surface area contributed by atoms with Crippen LogP contribution in [0, 0.1) is 6.92 Å². The Hall–Kier alpha value is -0.710. The minimum atomic E-state index is -0.442. The molecule has 0 radical (unpaired) electrons. The maximum absolute atomic E-state index is 10.1. The van der Waals surface area contributed by atoms with E-state index in [1.807, 2.05) is 18.4 Å². The lowest BCUT2D eigenvalue weighted by Crippen LogP contribution is -2.02. The Morgan fingerprint density at radius 3 is 2.88 bits per heavy atom. The second-order valence-electron chi connectivity index (χ2n) is 3.74. The quantitative estimate of drug-likeness (QED) is 0.941. The highest BCUT2D eigenvalue weighted by Crippen LogP contribution is 2.25. The summed E-state index contributed by atoms with van der Waals surface area (Å²) in [6.07, 6.45) is 3.69. The summed E-state index contributed by atoms with van der Waals surface area (Å²) in [7, 11) is 0. The molecule has 4 heteroatoms. The molecule has 1 N–H and O–H groups in total. The number of aryl methyl sites for hydroxylation is 1. The summed E-state index contributed by atoms with van der Waals surface area (Å²) in [5.41, 5.74) is 3.21. The standard InChI is InChI=1S/C12H12BrNOS/c1-8-6-16-7-11(8)12(15)3-9-2-10(13)5-14-4-9/h2,4-7,12,15H,3H2,1H3. The fraction of sp³-hybridized carbons (Fsp3) is 0.250. The Balaban J connectivity index is 2.14. The average molecular weight is 298 g/mol. The first-order chi connectivity index (χ1) is 7.66. The number of thiophene rings is 1. The molecule has 2 rings (SSSR count). The highest BCUT2D eigenvalue weighted by atomic mass is 79.9. The van der Waals surface area contributed by atoms with E-state index < -0.39 is 6.10 Å². The van der Waals surface area contributed by atoms with Gasteiger partial charge in [0.2, 0.25) is 0 Å². The monoisotopic (exact) mass is 297 g/mol. The molecule has 0 fully saturated rings. The van der Waals surface area contributed by atoms with Gasteiger partial charge in [-0.1, -0.05) is 0 Å². The number of hydrogen-bond acceptors (Lipinski definition) is 3. The molecule has 0 spiro atoms. The number of aliphatic hydroxyl groups is 1. The first-order valence-electron chi connectivity index (χ1n) is 4.97. The molecule has 0 aliphatic rings. The van der Waals surface area contributed by atoms with E-state index in [4.69, 9.17) is 0 Å². The van der Waals surface area contributed by atoms with E-state index in [1.54, 1.807) is 23.7 Å². The number of hydrogen-bond donors (Lipinski definition) is 1. The van der Waals surface area contributed by atoms with Gasteiger partial charge in [0.05, 0.1) is 6.10 Å². The third kappa shape index (κ3) is 2.70. The van der Waals surface area contributed by atoms with E-state index in [9.17, 15) is 5.11 Å². The molecule has 84 valence electrons. The summed E-state index contributed by atoms with van der Waals surface area (Å²) in [6, 6.07) is 1.98. The third-order valence-corrected chi connectivity index (χ3v) is 3.76. The van der Waals surface area contributed by atoms with Crippen LogP contribution in [-0.4, -0.2) is 10.1 Å². The number of rotatable bonds is 3. The highest BCUT2D eigenvalue weighted by Gasteiger charge is 2.12. The van der Waals surface area contributed by atoms with Gasteiger partial charge in [0, 0.05) is 23.3 Å². The number of aromatic nitrogens is 1. The summed E-state index contributed by atoms with van der Waals surface area (Å²) in [5, 5.41) is 14.2. The zero-order valence-electron chi connectivity index (χ0n) is 8.85. The molecule has 0 bridgehead atoms. The third-order valence-electron chi connectivity index (χ3n) is 2.44. The molecule has 2 nitrogen and oxygen atoms in total. The number of nitrogens with zero attached hydrogens (tertiary/aromatic N) is 1. The van der Waals surface area contributed by atoms with Crippen LogP contribution in [0.2, 0.25) is 0 Å². The molecule has 1 unspecified atom stereocenters. The smallest absolute Gasteiger partial charge is 0.0841 e. The van der Waals surface area contributed by atoms with Crippen LogP contribution in [0.15, 0.2) is 33.7 Å².